The number of benzene rings is 2. The van der Waals surface area contributed by atoms with E-state index in [2.05, 4.69) is 20.0 Å². The minimum Gasteiger partial charge on any atom is -0.461 e. The molecule has 3 saturated heterocycles. The zero-order valence-electron chi connectivity index (χ0n) is 30.4. The number of hydrogen-bond donors (Lipinski definition) is 1. The van der Waals surface area contributed by atoms with E-state index < -0.39 is 41.6 Å². The predicted octanol–water partition coefficient (Wildman–Crippen LogP) is 7.44. The van der Waals surface area contributed by atoms with Crippen molar-refractivity contribution in [3.05, 3.63) is 52.6 Å². The van der Waals surface area contributed by atoms with Crippen molar-refractivity contribution in [2.45, 2.75) is 57.3 Å². The first-order valence-electron chi connectivity index (χ1n) is 18.1. The van der Waals surface area contributed by atoms with Crippen molar-refractivity contribution in [1.29, 1.82) is 5.26 Å². The summed E-state index contributed by atoms with van der Waals surface area (Å²) in [6.45, 7) is 5.57. The zero-order chi connectivity index (χ0) is 39.8. The fourth-order valence-electron chi connectivity index (χ4n) is 8.83. The topological polar surface area (TPSA) is 142 Å². The van der Waals surface area contributed by atoms with E-state index in [-0.39, 0.29) is 90.6 Å². The number of nitrogens with two attached hydrogens (primary N) is 1. The first kappa shape index (κ1) is 38.0. The highest BCUT2D eigenvalue weighted by Crippen LogP contribution is 2.46. The lowest BCUT2D eigenvalue weighted by Crippen LogP contribution is -2.64. The smallest absolute Gasteiger partial charge is 0.346 e. The van der Waals surface area contributed by atoms with Crippen LogP contribution in [0.3, 0.4) is 0 Å². The van der Waals surface area contributed by atoms with Crippen LogP contribution >= 0.6 is 22.9 Å². The van der Waals surface area contributed by atoms with Crippen LogP contribution < -0.4 is 15.4 Å². The van der Waals surface area contributed by atoms with E-state index in [9.17, 15) is 27.6 Å². The lowest BCUT2D eigenvalue weighted by Gasteiger charge is -2.51. The van der Waals surface area contributed by atoms with Gasteiger partial charge in [-0.2, -0.15) is 19.9 Å². The molecule has 5 aromatic rings. The van der Waals surface area contributed by atoms with E-state index in [1.165, 1.54) is 12.1 Å². The van der Waals surface area contributed by atoms with Crippen LogP contribution in [0, 0.1) is 34.8 Å². The van der Waals surface area contributed by atoms with Gasteiger partial charge in [0.1, 0.15) is 47.3 Å². The van der Waals surface area contributed by atoms with Gasteiger partial charge in [0.15, 0.2) is 5.82 Å². The van der Waals surface area contributed by atoms with Gasteiger partial charge in [-0.3, -0.25) is 4.90 Å². The third kappa shape index (κ3) is 6.24. The molecule has 3 aliphatic heterocycles. The molecule has 19 heteroatoms. The van der Waals surface area contributed by atoms with Crippen molar-refractivity contribution < 1.29 is 31.5 Å². The minimum atomic E-state index is -2.93. The molecule has 0 aliphatic carbocycles. The average molecular weight is 815 g/mol. The van der Waals surface area contributed by atoms with Crippen LogP contribution in [-0.2, 0) is 0 Å². The van der Waals surface area contributed by atoms with Crippen molar-refractivity contribution in [3.8, 4) is 23.2 Å². The number of amides is 1. The number of anilines is 2. The number of nitrogen functional groups attached to an aromatic ring is 1. The highest BCUT2D eigenvalue weighted by atomic mass is 35.5. The summed E-state index contributed by atoms with van der Waals surface area (Å²) in [7, 11) is 1.75. The molecule has 3 aliphatic rings. The Kier molecular flexibility index (Phi) is 9.69. The van der Waals surface area contributed by atoms with E-state index in [1.54, 1.807) is 16.8 Å². The van der Waals surface area contributed by atoms with E-state index >= 15 is 4.39 Å². The lowest BCUT2D eigenvalue weighted by molar-refractivity contribution is 0.0240. The molecule has 1 amide bonds. The van der Waals surface area contributed by atoms with Crippen molar-refractivity contribution in [2.75, 3.05) is 50.5 Å². The summed E-state index contributed by atoms with van der Waals surface area (Å²) in [5.41, 5.74) is 5.40. The molecule has 12 nitrogen and oxygen atoms in total. The number of nitrogens with zero attached hydrogens (tertiary/aromatic N) is 9. The van der Waals surface area contributed by atoms with Gasteiger partial charge < -0.3 is 20.3 Å². The third-order valence-corrected chi connectivity index (χ3v) is 12.6. The third-order valence-electron chi connectivity index (χ3n) is 11.2. The summed E-state index contributed by atoms with van der Waals surface area (Å²) < 4.78 is 80.2. The quantitative estimate of drug-likeness (QED) is 0.149. The number of fused-ring (bicyclic) bond motifs is 3. The molecule has 2 N–H and O–H groups in total. The number of carbonyl (C=O) groups excluding carboxylic acids is 1. The molecule has 0 saturated carbocycles. The Morgan fingerprint density at radius 1 is 1.25 bits per heavy atom. The van der Waals surface area contributed by atoms with Crippen LogP contribution in [0.4, 0.5) is 37.6 Å². The Labute approximate surface area is 326 Å². The number of nitriles is 1. The monoisotopic (exact) mass is 814 g/mol. The maximum atomic E-state index is 17.2. The molecule has 294 valence electrons. The van der Waals surface area contributed by atoms with Gasteiger partial charge in [-0.05, 0) is 43.0 Å². The standard InChI is InChI=1S/C37H36ClF5N10O2S/c1-17(2)29-18(13-52(29)36(54)53-16-46-33(49-53)31(42)43)12-50(3)34-21-9-23(38)26(20-5-6-24(40)30-25(20)22(11-44)32(45)56-30)27(41)28(21)47-35(48-34)55-15-37-7-4-8-51(37)14-19(39)10-37/h5-6,9,16-19,29,31H,4,7-8,10,12-15,45H2,1-3H3/t18-,19-,29-,37+/m1/s1. The van der Waals surface area contributed by atoms with Gasteiger partial charge in [0.25, 0.3) is 6.43 Å². The van der Waals surface area contributed by atoms with E-state index in [4.69, 9.17) is 27.1 Å². The van der Waals surface area contributed by atoms with Crippen molar-refractivity contribution in [2.24, 2.45) is 11.8 Å². The zero-order valence-corrected chi connectivity index (χ0v) is 32.0. The molecule has 3 fully saturated rings. The second-order valence-corrected chi connectivity index (χ2v) is 16.5. The molecule has 2 aromatic carbocycles. The Morgan fingerprint density at radius 3 is 2.75 bits per heavy atom. The first-order chi connectivity index (χ1) is 26.7. The molecule has 56 heavy (non-hydrogen) atoms. The van der Waals surface area contributed by atoms with E-state index in [1.807, 2.05) is 19.9 Å². The molecule has 0 spiro atoms. The molecule has 0 radical (unpaired) electrons. The molecule has 3 aromatic heterocycles. The number of halogens is 6. The first-order valence-corrected chi connectivity index (χ1v) is 19.2. The summed E-state index contributed by atoms with van der Waals surface area (Å²) in [4.78, 5) is 31.5. The fourth-order valence-corrected chi connectivity index (χ4v) is 10.1. The predicted molar refractivity (Wildman–Crippen MR) is 201 cm³/mol. The highest BCUT2D eigenvalue weighted by molar-refractivity contribution is 7.23. The van der Waals surface area contributed by atoms with Gasteiger partial charge >= 0.3 is 12.0 Å². The lowest BCUT2D eigenvalue weighted by atomic mass is 9.81. The van der Waals surface area contributed by atoms with Crippen molar-refractivity contribution >= 4 is 60.8 Å². The van der Waals surface area contributed by atoms with Crippen LogP contribution in [-0.4, -0.2) is 98.1 Å². The number of alkyl halides is 3. The van der Waals surface area contributed by atoms with Crippen LogP contribution in [0.25, 0.3) is 32.1 Å². The molecular weight excluding hydrogens is 779 g/mol. The van der Waals surface area contributed by atoms with Crippen LogP contribution in [0.15, 0.2) is 24.5 Å². The number of hydrogen-bond acceptors (Lipinski definition) is 11. The number of aromatic nitrogens is 5. The van der Waals surface area contributed by atoms with Gasteiger partial charge in [0.2, 0.25) is 5.82 Å². The molecule has 0 bridgehead atoms. The number of rotatable bonds is 9. The second-order valence-electron chi connectivity index (χ2n) is 15.0. The highest BCUT2D eigenvalue weighted by Gasteiger charge is 2.50. The summed E-state index contributed by atoms with van der Waals surface area (Å²) >= 11 is 7.75. The molecule has 4 atom stereocenters. The van der Waals surface area contributed by atoms with E-state index in [0.29, 0.717) is 19.5 Å². The summed E-state index contributed by atoms with van der Waals surface area (Å²) in [6.07, 6.45) is -1.07. The number of carbonyl (C=O) groups is 1. The summed E-state index contributed by atoms with van der Waals surface area (Å²) in [6, 6.07) is 4.95. The Bertz CT molecular complexity index is 2420. The van der Waals surface area contributed by atoms with Crippen LogP contribution in [0.2, 0.25) is 5.02 Å². The van der Waals surface area contributed by atoms with Gasteiger partial charge in [0, 0.05) is 61.4 Å². The van der Waals surface area contributed by atoms with Gasteiger partial charge in [-0.25, -0.2) is 31.7 Å². The van der Waals surface area contributed by atoms with Gasteiger partial charge in [-0.1, -0.05) is 31.5 Å². The minimum absolute atomic E-state index is 0.00341. The Balaban J connectivity index is 1.18. The largest absolute Gasteiger partial charge is 0.461 e. The second kappa shape index (κ2) is 14.3. The number of likely N-dealkylation sites (tertiary alicyclic amines) is 1. The molecule has 6 heterocycles. The Morgan fingerprint density at radius 2 is 2.04 bits per heavy atom. The maximum Gasteiger partial charge on any atom is 0.346 e. The Hall–Kier alpha value is -4.86. The molecular formula is C37H36ClF5N10O2S. The van der Waals surface area contributed by atoms with Gasteiger partial charge in [0.05, 0.1) is 20.8 Å². The molecule has 8 rings (SSSR count). The maximum absolute atomic E-state index is 17.2. The molecule has 0 unspecified atom stereocenters. The summed E-state index contributed by atoms with van der Waals surface area (Å²) in [5, 5.41) is 13.9. The normalized spacial score (nSPS) is 22.3. The van der Waals surface area contributed by atoms with Crippen LogP contribution in [0.1, 0.15) is 50.9 Å². The van der Waals surface area contributed by atoms with Gasteiger partial charge in [-0.15, -0.1) is 16.4 Å². The number of thiophene rings is 1. The SMILES string of the molecule is CC(C)[C@@H]1[C@H](CN(C)c2nc(OC[C@@]34CCCN3C[C@H](F)C4)nc3c(F)c(-c4ccc(F)c5sc(N)c(C#N)c45)c(Cl)cc23)CN1C(=O)n1cnc(C(F)F)n1. The van der Waals surface area contributed by atoms with Crippen molar-refractivity contribution in [3.63, 3.8) is 0 Å². The van der Waals surface area contributed by atoms with E-state index in [0.717, 1.165) is 47.8 Å². The average Bonchev–Trinajstić information content (AvgIpc) is 3.92. The summed E-state index contributed by atoms with van der Waals surface area (Å²) in [5.74, 6) is -2.15. The van der Waals surface area contributed by atoms with Crippen LogP contribution in [0.5, 0.6) is 6.01 Å². The number of ether oxygens (including phenoxy) is 1. The fraction of sp³-hybridized carbons (Fsp3) is 0.459. The van der Waals surface area contributed by atoms with Crippen molar-refractivity contribution in [1.82, 2.24) is 34.5 Å².